The topological polar surface area (TPSA) is 69.2 Å². The summed E-state index contributed by atoms with van der Waals surface area (Å²) < 4.78 is 0. The molecule has 1 aromatic rings. The molecule has 3 rings (SSSR count). The predicted molar refractivity (Wildman–Crippen MR) is 76.7 cm³/mol. The van der Waals surface area contributed by atoms with Gasteiger partial charge in [-0.2, -0.15) is 0 Å². The van der Waals surface area contributed by atoms with Crippen LogP contribution in [0, 0.1) is 5.41 Å². The van der Waals surface area contributed by atoms with Crippen molar-refractivity contribution in [2.24, 2.45) is 5.73 Å². The highest BCUT2D eigenvalue weighted by atomic mass is 15.3. The molecular weight excluding hydrogens is 238 g/mol. The Morgan fingerprint density at radius 1 is 1.26 bits per heavy atom. The van der Waals surface area contributed by atoms with Crippen molar-refractivity contribution in [1.29, 1.82) is 5.41 Å². The molecule has 102 valence electrons. The fourth-order valence-electron chi connectivity index (χ4n) is 3.15. The van der Waals surface area contributed by atoms with Crippen LogP contribution in [0.4, 0.5) is 5.82 Å². The van der Waals surface area contributed by atoms with Gasteiger partial charge in [0.05, 0.1) is 0 Å². The summed E-state index contributed by atoms with van der Waals surface area (Å²) in [6.07, 6.45) is 5.54. The molecule has 0 bridgehead atoms. The quantitative estimate of drug-likeness (QED) is 0.615. The highest BCUT2D eigenvalue weighted by Gasteiger charge is 2.29. The van der Waals surface area contributed by atoms with Gasteiger partial charge in [0.2, 0.25) is 0 Å². The highest BCUT2D eigenvalue weighted by Crippen LogP contribution is 2.23. The zero-order chi connectivity index (χ0) is 13.2. The monoisotopic (exact) mass is 259 g/mol. The van der Waals surface area contributed by atoms with E-state index in [4.69, 9.17) is 11.1 Å². The second-order valence-corrected chi connectivity index (χ2v) is 5.45. The molecule has 0 spiro atoms. The average Bonchev–Trinajstić information content (AvgIpc) is 2.76. The molecule has 0 aromatic carbocycles. The minimum atomic E-state index is 0.0804. The summed E-state index contributed by atoms with van der Waals surface area (Å²) in [5.41, 5.74) is 6.16. The molecule has 3 N–H and O–H groups in total. The first-order valence-corrected chi connectivity index (χ1v) is 7.03. The first kappa shape index (κ1) is 12.4. The van der Waals surface area contributed by atoms with E-state index in [-0.39, 0.29) is 5.84 Å². The van der Waals surface area contributed by atoms with Crippen LogP contribution in [0.2, 0.25) is 0 Å². The summed E-state index contributed by atoms with van der Waals surface area (Å²) in [6, 6.07) is 4.57. The Balaban J connectivity index is 1.75. The van der Waals surface area contributed by atoms with Gasteiger partial charge in [-0.15, -0.1) is 0 Å². The molecule has 2 fully saturated rings. The number of rotatable bonds is 2. The van der Waals surface area contributed by atoms with Crippen molar-refractivity contribution >= 4 is 11.7 Å². The zero-order valence-electron chi connectivity index (χ0n) is 11.2. The van der Waals surface area contributed by atoms with E-state index in [1.807, 2.05) is 12.1 Å². The highest BCUT2D eigenvalue weighted by molar-refractivity contribution is 5.94. The van der Waals surface area contributed by atoms with Gasteiger partial charge in [0.25, 0.3) is 0 Å². The summed E-state index contributed by atoms with van der Waals surface area (Å²) in [4.78, 5) is 9.46. The lowest BCUT2D eigenvalue weighted by molar-refractivity contribution is 0.273. The van der Waals surface area contributed by atoms with Crippen LogP contribution in [0.25, 0.3) is 0 Å². The van der Waals surface area contributed by atoms with Crippen molar-refractivity contribution in [3.63, 3.8) is 0 Å². The lowest BCUT2D eigenvalue weighted by Crippen LogP contribution is -2.37. The van der Waals surface area contributed by atoms with E-state index in [2.05, 4.69) is 14.8 Å². The second kappa shape index (κ2) is 5.17. The first-order valence-electron chi connectivity index (χ1n) is 7.03. The molecule has 5 nitrogen and oxygen atoms in total. The number of nitrogens with one attached hydrogen (secondary N) is 1. The molecule has 2 aliphatic heterocycles. The van der Waals surface area contributed by atoms with Gasteiger partial charge < -0.3 is 10.6 Å². The molecule has 0 saturated carbocycles. The summed E-state index contributed by atoms with van der Waals surface area (Å²) in [5.74, 6) is 1.09. The number of hydrogen-bond donors (Lipinski definition) is 2. The maximum absolute atomic E-state index is 7.40. The van der Waals surface area contributed by atoms with Gasteiger partial charge in [-0.1, -0.05) is 0 Å². The Morgan fingerprint density at radius 2 is 2.11 bits per heavy atom. The second-order valence-electron chi connectivity index (χ2n) is 5.45. The molecule has 2 aliphatic rings. The van der Waals surface area contributed by atoms with Gasteiger partial charge in [0.15, 0.2) is 0 Å². The van der Waals surface area contributed by atoms with E-state index in [9.17, 15) is 0 Å². The number of aromatic nitrogens is 1. The summed E-state index contributed by atoms with van der Waals surface area (Å²) >= 11 is 0. The zero-order valence-corrected chi connectivity index (χ0v) is 11.2. The Hall–Kier alpha value is -1.62. The number of fused-ring (bicyclic) bond motifs is 1. The van der Waals surface area contributed by atoms with E-state index in [1.165, 1.54) is 32.4 Å². The van der Waals surface area contributed by atoms with Gasteiger partial charge in [-0.3, -0.25) is 10.3 Å². The van der Waals surface area contributed by atoms with Crippen LogP contribution >= 0.6 is 0 Å². The Bertz CT molecular complexity index is 455. The largest absolute Gasteiger partial charge is 0.384 e. The van der Waals surface area contributed by atoms with Crippen molar-refractivity contribution in [3.8, 4) is 0 Å². The van der Waals surface area contributed by atoms with Crippen molar-refractivity contribution < 1.29 is 0 Å². The fraction of sp³-hybridized carbons (Fsp3) is 0.571. The normalized spacial score (nSPS) is 24.0. The predicted octanol–water partition coefficient (Wildman–Crippen LogP) is 1.04. The van der Waals surface area contributed by atoms with Crippen LogP contribution < -0.4 is 10.6 Å². The van der Waals surface area contributed by atoms with Crippen LogP contribution in [-0.2, 0) is 0 Å². The molecule has 1 unspecified atom stereocenters. The van der Waals surface area contributed by atoms with Crippen molar-refractivity contribution in [2.45, 2.75) is 25.3 Å². The van der Waals surface area contributed by atoms with Gasteiger partial charge in [-0.05, 0) is 37.9 Å². The minimum absolute atomic E-state index is 0.0804. The number of pyridine rings is 1. The minimum Gasteiger partial charge on any atom is -0.384 e. The molecule has 1 atom stereocenters. The Kier molecular flexibility index (Phi) is 3.38. The van der Waals surface area contributed by atoms with Crippen LogP contribution in [0.15, 0.2) is 18.3 Å². The van der Waals surface area contributed by atoms with E-state index in [1.54, 1.807) is 6.20 Å². The maximum atomic E-state index is 7.40. The summed E-state index contributed by atoms with van der Waals surface area (Å²) in [7, 11) is 0. The van der Waals surface area contributed by atoms with Crippen LogP contribution in [0.3, 0.4) is 0 Å². The Morgan fingerprint density at radius 3 is 2.84 bits per heavy atom. The Labute approximate surface area is 113 Å². The van der Waals surface area contributed by atoms with Crippen LogP contribution in [0.5, 0.6) is 0 Å². The average molecular weight is 259 g/mol. The fourth-order valence-corrected chi connectivity index (χ4v) is 3.15. The van der Waals surface area contributed by atoms with E-state index in [0.717, 1.165) is 18.9 Å². The van der Waals surface area contributed by atoms with Crippen molar-refractivity contribution in [3.05, 3.63) is 23.9 Å². The van der Waals surface area contributed by atoms with Crippen molar-refractivity contribution in [1.82, 2.24) is 9.88 Å². The van der Waals surface area contributed by atoms with Crippen LogP contribution in [-0.4, -0.2) is 47.9 Å². The number of hydrogen-bond acceptors (Lipinski definition) is 4. The molecule has 19 heavy (non-hydrogen) atoms. The summed E-state index contributed by atoms with van der Waals surface area (Å²) in [6.45, 7) is 4.62. The van der Waals surface area contributed by atoms with Crippen molar-refractivity contribution in [2.75, 3.05) is 31.1 Å². The van der Waals surface area contributed by atoms with E-state index in [0.29, 0.717) is 11.6 Å². The lowest BCUT2D eigenvalue weighted by Gasteiger charge is -2.26. The molecule has 0 aliphatic carbocycles. The lowest BCUT2D eigenvalue weighted by atomic mass is 10.2. The first-order chi connectivity index (χ1) is 9.24. The number of nitrogens with zero attached hydrogens (tertiary/aromatic N) is 3. The van der Waals surface area contributed by atoms with Gasteiger partial charge in [0.1, 0.15) is 11.7 Å². The number of amidine groups is 1. The smallest absolute Gasteiger partial charge is 0.128 e. The van der Waals surface area contributed by atoms with E-state index < -0.39 is 0 Å². The maximum Gasteiger partial charge on any atom is 0.128 e. The number of nitrogens with two attached hydrogens (primary N) is 1. The van der Waals surface area contributed by atoms with Gasteiger partial charge in [0, 0.05) is 37.4 Å². The standard InChI is InChI=1S/C14H21N5/c15-14(16)11-4-5-13(17-9-11)19-8-2-7-18-6-1-3-12(18)10-19/h4-5,9,12H,1-3,6-8,10H2,(H3,15,16). The van der Waals surface area contributed by atoms with Gasteiger partial charge in [-0.25, -0.2) is 4.98 Å². The third-order valence-electron chi connectivity index (χ3n) is 4.19. The molecule has 3 heterocycles. The number of nitrogen functional groups attached to an aromatic ring is 1. The van der Waals surface area contributed by atoms with E-state index >= 15 is 0 Å². The summed E-state index contributed by atoms with van der Waals surface area (Å²) in [5, 5.41) is 7.40. The van der Waals surface area contributed by atoms with Gasteiger partial charge >= 0.3 is 0 Å². The number of anilines is 1. The SMILES string of the molecule is N=C(N)c1ccc(N2CCCN3CCCC3C2)nc1. The molecule has 2 saturated heterocycles. The molecule has 0 amide bonds. The third-order valence-corrected chi connectivity index (χ3v) is 4.19. The van der Waals surface area contributed by atoms with Crippen LogP contribution in [0.1, 0.15) is 24.8 Å². The molecule has 1 aromatic heterocycles. The molecule has 0 radical (unpaired) electrons. The third kappa shape index (κ3) is 2.56. The molecular formula is C14H21N5. The molecule has 5 heteroatoms.